The zero-order chi connectivity index (χ0) is 20.4. The Morgan fingerprint density at radius 3 is 2.97 bits per heavy atom. The highest BCUT2D eigenvalue weighted by Crippen LogP contribution is 2.35. The summed E-state index contributed by atoms with van der Waals surface area (Å²) < 4.78 is 19.9. The van der Waals surface area contributed by atoms with Crippen molar-refractivity contribution in [1.29, 1.82) is 0 Å². The smallest absolute Gasteiger partial charge is 0.303 e. The van der Waals surface area contributed by atoms with Crippen molar-refractivity contribution in [3.8, 4) is 0 Å². The summed E-state index contributed by atoms with van der Waals surface area (Å²) >= 11 is 0. The minimum Gasteiger partial charge on any atom is -0.456 e. The average Bonchev–Trinajstić information content (AvgIpc) is 3.33. The zero-order valence-electron chi connectivity index (χ0n) is 15.8. The summed E-state index contributed by atoms with van der Waals surface area (Å²) in [6.07, 6.45) is 3.36. The van der Waals surface area contributed by atoms with Crippen molar-refractivity contribution in [2.75, 3.05) is 23.4 Å². The van der Waals surface area contributed by atoms with Gasteiger partial charge in [0, 0.05) is 13.5 Å². The van der Waals surface area contributed by atoms with E-state index in [0.29, 0.717) is 17.3 Å². The fourth-order valence-corrected chi connectivity index (χ4v) is 3.55. The van der Waals surface area contributed by atoms with E-state index in [-0.39, 0.29) is 18.5 Å². The Kier molecular flexibility index (Phi) is 5.11. The van der Waals surface area contributed by atoms with Gasteiger partial charge in [-0.15, -0.1) is 5.10 Å². The largest absolute Gasteiger partial charge is 0.456 e. The Morgan fingerprint density at radius 1 is 1.31 bits per heavy atom. The Morgan fingerprint density at radius 2 is 2.17 bits per heavy atom. The summed E-state index contributed by atoms with van der Waals surface area (Å²) in [5.41, 5.74) is 1.47. The molecule has 1 aliphatic rings. The quantitative estimate of drug-likeness (QED) is 0.666. The second-order valence-electron chi connectivity index (χ2n) is 6.84. The Hall–Kier alpha value is -3.49. The van der Waals surface area contributed by atoms with E-state index < -0.39 is 11.9 Å². The molecule has 9 heteroatoms. The summed E-state index contributed by atoms with van der Waals surface area (Å²) in [5, 5.41) is 7.27. The number of hydrogen-bond acceptors (Lipinski definition) is 6. The van der Waals surface area contributed by atoms with Gasteiger partial charge in [0.15, 0.2) is 18.1 Å². The molecule has 1 N–H and O–H groups in total. The predicted molar refractivity (Wildman–Crippen MR) is 104 cm³/mol. The van der Waals surface area contributed by atoms with Crippen molar-refractivity contribution < 1.29 is 18.7 Å². The number of esters is 1. The van der Waals surface area contributed by atoms with Gasteiger partial charge in [-0.3, -0.25) is 9.59 Å². The first-order valence-electron chi connectivity index (χ1n) is 9.31. The molecule has 4 rings (SSSR count). The van der Waals surface area contributed by atoms with Gasteiger partial charge in [-0.25, -0.2) is 9.37 Å². The van der Waals surface area contributed by atoms with Gasteiger partial charge < -0.3 is 15.0 Å². The topological polar surface area (TPSA) is 88.8 Å². The lowest BCUT2D eigenvalue weighted by Gasteiger charge is -2.26. The van der Waals surface area contributed by atoms with Crippen LogP contribution in [-0.2, 0) is 14.3 Å². The molecule has 1 fully saturated rings. The number of anilines is 2. The van der Waals surface area contributed by atoms with Crippen molar-refractivity contribution in [3.05, 3.63) is 54.0 Å². The summed E-state index contributed by atoms with van der Waals surface area (Å²) in [6, 6.07) is 10.3. The second-order valence-corrected chi connectivity index (χ2v) is 6.84. The van der Waals surface area contributed by atoms with Gasteiger partial charge >= 0.3 is 5.97 Å². The number of amides is 1. The first-order chi connectivity index (χ1) is 14.0. The van der Waals surface area contributed by atoms with E-state index in [0.717, 1.165) is 24.9 Å². The number of ether oxygens (including phenoxy) is 1. The average molecular weight is 397 g/mol. The van der Waals surface area contributed by atoms with Crippen molar-refractivity contribution in [3.63, 3.8) is 0 Å². The molecule has 1 aromatic carbocycles. The zero-order valence-corrected chi connectivity index (χ0v) is 15.8. The number of nitrogens with one attached hydrogen (secondary N) is 1. The van der Waals surface area contributed by atoms with Crippen LogP contribution in [0.1, 0.15) is 31.4 Å². The molecule has 2 aromatic heterocycles. The highest BCUT2D eigenvalue weighted by molar-refractivity contribution is 5.92. The molecular weight excluding hydrogens is 377 g/mol. The Labute approximate surface area is 166 Å². The molecular formula is C20H20FN5O3. The normalized spacial score (nSPS) is 16.2. The fraction of sp³-hybridized carbons (Fsp3) is 0.300. The van der Waals surface area contributed by atoms with Crippen molar-refractivity contribution in [1.82, 2.24) is 14.6 Å². The third kappa shape index (κ3) is 4.03. The standard InChI is InChI=1S/C20H20FN5O3/c1-13(27)29-12-20(28)23-19-11-22-17-7-8-18(24-26(17)19)25-9-3-6-16(25)14-4-2-5-15(21)10-14/h2,4-5,7-8,10-11,16H,3,6,9,12H2,1H3,(H,23,28). The van der Waals surface area contributed by atoms with E-state index in [4.69, 9.17) is 4.74 Å². The fourth-order valence-electron chi connectivity index (χ4n) is 3.55. The van der Waals surface area contributed by atoms with Crippen LogP contribution in [0.4, 0.5) is 16.0 Å². The molecule has 0 saturated carbocycles. The summed E-state index contributed by atoms with van der Waals surface area (Å²) in [6.45, 7) is 1.65. The third-order valence-electron chi connectivity index (χ3n) is 4.80. The molecule has 8 nitrogen and oxygen atoms in total. The lowest BCUT2D eigenvalue weighted by Crippen LogP contribution is -2.25. The summed E-state index contributed by atoms with van der Waals surface area (Å²) in [4.78, 5) is 29.2. The van der Waals surface area contributed by atoms with E-state index in [2.05, 4.69) is 20.3 Å². The monoisotopic (exact) mass is 397 g/mol. The van der Waals surface area contributed by atoms with Crippen LogP contribution in [0.25, 0.3) is 5.65 Å². The van der Waals surface area contributed by atoms with Gasteiger partial charge in [-0.2, -0.15) is 4.52 Å². The number of benzene rings is 1. The summed E-state index contributed by atoms with van der Waals surface area (Å²) in [5.74, 6) is -0.187. The maximum Gasteiger partial charge on any atom is 0.303 e. The van der Waals surface area contributed by atoms with Gasteiger partial charge in [0.05, 0.1) is 12.2 Å². The molecule has 1 atom stereocenters. The predicted octanol–water partition coefficient (Wildman–Crippen LogP) is 2.71. The van der Waals surface area contributed by atoms with Gasteiger partial charge in [-0.1, -0.05) is 12.1 Å². The molecule has 3 aromatic rings. The van der Waals surface area contributed by atoms with Crippen LogP contribution in [0.15, 0.2) is 42.6 Å². The second kappa shape index (κ2) is 7.86. The molecule has 1 aliphatic heterocycles. The van der Waals surface area contributed by atoms with Crippen molar-refractivity contribution in [2.24, 2.45) is 0 Å². The molecule has 1 unspecified atom stereocenters. The van der Waals surface area contributed by atoms with Crippen LogP contribution in [-0.4, -0.2) is 39.6 Å². The highest BCUT2D eigenvalue weighted by Gasteiger charge is 2.28. The number of carbonyl (C=O) groups is 2. The molecule has 1 saturated heterocycles. The first kappa shape index (κ1) is 18.9. The first-order valence-corrected chi connectivity index (χ1v) is 9.31. The number of imidazole rings is 1. The van der Waals surface area contributed by atoms with Gasteiger partial charge in [0.25, 0.3) is 5.91 Å². The number of aromatic nitrogens is 3. The van der Waals surface area contributed by atoms with E-state index in [1.807, 2.05) is 18.2 Å². The van der Waals surface area contributed by atoms with Crippen LogP contribution in [0.5, 0.6) is 0 Å². The molecule has 0 radical (unpaired) electrons. The Balaban J connectivity index is 1.59. The van der Waals surface area contributed by atoms with Crippen LogP contribution in [0.2, 0.25) is 0 Å². The van der Waals surface area contributed by atoms with Crippen LogP contribution < -0.4 is 10.2 Å². The number of rotatable bonds is 5. The number of hydrogen-bond donors (Lipinski definition) is 1. The minimum absolute atomic E-state index is 0.0289. The third-order valence-corrected chi connectivity index (χ3v) is 4.80. The number of halogens is 1. The highest BCUT2D eigenvalue weighted by atomic mass is 19.1. The number of carbonyl (C=O) groups excluding carboxylic acids is 2. The lowest BCUT2D eigenvalue weighted by atomic mass is 10.0. The minimum atomic E-state index is -0.531. The molecule has 0 aliphatic carbocycles. The van der Waals surface area contributed by atoms with Crippen LogP contribution >= 0.6 is 0 Å². The molecule has 0 bridgehead atoms. The van der Waals surface area contributed by atoms with Gasteiger partial charge in [0.1, 0.15) is 11.6 Å². The maximum atomic E-state index is 13.7. The van der Waals surface area contributed by atoms with Crippen LogP contribution in [0.3, 0.4) is 0 Å². The molecule has 3 heterocycles. The lowest BCUT2D eigenvalue weighted by molar-refractivity contribution is -0.144. The molecule has 0 spiro atoms. The maximum absolute atomic E-state index is 13.7. The molecule has 150 valence electrons. The van der Waals surface area contributed by atoms with E-state index in [9.17, 15) is 14.0 Å². The van der Waals surface area contributed by atoms with E-state index in [1.54, 1.807) is 12.1 Å². The van der Waals surface area contributed by atoms with E-state index in [1.165, 1.54) is 23.7 Å². The van der Waals surface area contributed by atoms with Crippen molar-refractivity contribution in [2.45, 2.75) is 25.8 Å². The molecule has 29 heavy (non-hydrogen) atoms. The van der Waals surface area contributed by atoms with Gasteiger partial charge in [0.2, 0.25) is 0 Å². The number of fused-ring (bicyclic) bond motifs is 1. The SMILES string of the molecule is CC(=O)OCC(=O)Nc1cnc2ccc(N3CCCC3c3cccc(F)c3)nn12. The molecule has 1 amide bonds. The van der Waals surface area contributed by atoms with Gasteiger partial charge in [-0.05, 0) is 42.7 Å². The van der Waals surface area contributed by atoms with Crippen molar-refractivity contribution >= 4 is 29.2 Å². The number of nitrogens with zero attached hydrogens (tertiary/aromatic N) is 4. The van der Waals surface area contributed by atoms with E-state index >= 15 is 0 Å². The summed E-state index contributed by atoms with van der Waals surface area (Å²) in [7, 11) is 0. The van der Waals surface area contributed by atoms with Crippen LogP contribution in [0, 0.1) is 5.82 Å². The Bertz CT molecular complexity index is 1070.